The number of fused-ring (bicyclic) bond motifs is 1. The predicted octanol–water partition coefficient (Wildman–Crippen LogP) is 6.43. The number of thiazole rings is 1. The number of carbonyl (C=O) groups excluding carboxylic acids is 1. The van der Waals surface area contributed by atoms with Crippen molar-refractivity contribution < 1.29 is 22.7 Å². The molecule has 0 fully saturated rings. The number of carbonyl (C=O) groups is 1. The van der Waals surface area contributed by atoms with Gasteiger partial charge in [-0.25, -0.2) is 13.4 Å². The minimum absolute atomic E-state index is 0.0594. The van der Waals surface area contributed by atoms with E-state index < -0.39 is 22.5 Å². The van der Waals surface area contributed by atoms with Gasteiger partial charge in [0.15, 0.2) is 0 Å². The summed E-state index contributed by atoms with van der Waals surface area (Å²) < 4.78 is 40.5. The van der Waals surface area contributed by atoms with Crippen molar-refractivity contribution in [1.29, 1.82) is 0 Å². The molecule has 0 aliphatic carbocycles. The van der Waals surface area contributed by atoms with Gasteiger partial charge in [-0.15, -0.1) is 11.3 Å². The summed E-state index contributed by atoms with van der Waals surface area (Å²) in [6, 6.07) is 24.7. The zero-order chi connectivity index (χ0) is 29.1. The van der Waals surface area contributed by atoms with Gasteiger partial charge in [0.25, 0.3) is 10.0 Å². The Balaban J connectivity index is 1.41. The summed E-state index contributed by atoms with van der Waals surface area (Å²) in [6.45, 7) is 3.45. The van der Waals surface area contributed by atoms with Gasteiger partial charge in [-0.2, -0.15) is 0 Å². The Morgan fingerprint density at radius 1 is 0.878 bits per heavy atom. The number of nitrogens with zero attached hydrogens (tertiary/aromatic N) is 2. The van der Waals surface area contributed by atoms with Crippen LogP contribution in [-0.2, 0) is 14.8 Å². The number of amides is 1. The fraction of sp³-hybridized carbons (Fsp3) is 0.161. The summed E-state index contributed by atoms with van der Waals surface area (Å²) in [6.07, 6.45) is 0. The van der Waals surface area contributed by atoms with E-state index in [0.29, 0.717) is 11.4 Å². The van der Waals surface area contributed by atoms with E-state index in [0.717, 1.165) is 30.7 Å². The van der Waals surface area contributed by atoms with E-state index in [-0.39, 0.29) is 16.3 Å². The zero-order valence-electron chi connectivity index (χ0n) is 23.0. The number of ether oxygens (including phenoxy) is 2. The molecule has 5 aromatic rings. The number of hydrogen-bond donors (Lipinski definition) is 1. The van der Waals surface area contributed by atoms with Crippen LogP contribution in [0.5, 0.6) is 11.5 Å². The summed E-state index contributed by atoms with van der Waals surface area (Å²) in [5.41, 5.74) is 4.71. The maximum absolute atomic E-state index is 13.8. The highest BCUT2D eigenvalue weighted by atomic mass is 32.2. The topological polar surface area (TPSA) is 97.8 Å². The second-order valence-corrected chi connectivity index (χ2v) is 12.4. The van der Waals surface area contributed by atoms with Crippen molar-refractivity contribution in [2.45, 2.75) is 18.7 Å². The molecule has 210 valence electrons. The van der Waals surface area contributed by atoms with E-state index in [1.54, 1.807) is 53.8 Å². The molecule has 1 N–H and O–H groups in total. The Bertz CT molecular complexity index is 1820. The first kappa shape index (κ1) is 28.1. The van der Waals surface area contributed by atoms with Crippen molar-refractivity contribution in [1.82, 2.24) is 4.98 Å². The van der Waals surface area contributed by atoms with Crippen LogP contribution in [0.25, 0.3) is 20.8 Å². The number of aromatic nitrogens is 1. The van der Waals surface area contributed by atoms with Crippen LogP contribution in [0.1, 0.15) is 11.1 Å². The van der Waals surface area contributed by atoms with Crippen molar-refractivity contribution in [2.24, 2.45) is 0 Å². The van der Waals surface area contributed by atoms with E-state index in [1.807, 2.05) is 38.1 Å². The molecule has 0 bridgehead atoms. The molecule has 0 spiro atoms. The van der Waals surface area contributed by atoms with Gasteiger partial charge in [0.05, 0.1) is 35.0 Å². The number of anilines is 2. The summed E-state index contributed by atoms with van der Waals surface area (Å²) in [5, 5.41) is 3.70. The van der Waals surface area contributed by atoms with E-state index in [4.69, 9.17) is 14.5 Å². The molecule has 5 rings (SSSR count). The third-order valence-corrected chi connectivity index (χ3v) is 9.35. The average molecular weight is 588 g/mol. The molecule has 1 aromatic heterocycles. The molecule has 0 saturated carbocycles. The highest BCUT2D eigenvalue weighted by molar-refractivity contribution is 7.92. The van der Waals surface area contributed by atoms with Gasteiger partial charge in [0.1, 0.15) is 23.1 Å². The SMILES string of the molecule is COc1ccc(N(CC(=O)Nc2ccc(-c3nc4ccc(C)cc4s3)cc2)S(=O)(=O)c2ccc(C)cc2)c(OC)c1. The molecular weight excluding hydrogens is 558 g/mol. The molecule has 1 amide bonds. The van der Waals surface area contributed by atoms with Crippen LogP contribution >= 0.6 is 11.3 Å². The monoisotopic (exact) mass is 587 g/mol. The molecule has 1 heterocycles. The van der Waals surface area contributed by atoms with Crippen LogP contribution in [0.3, 0.4) is 0 Å². The molecule has 0 aliphatic heterocycles. The molecule has 8 nitrogen and oxygen atoms in total. The number of methoxy groups -OCH3 is 2. The Labute approximate surface area is 243 Å². The van der Waals surface area contributed by atoms with Crippen molar-refractivity contribution in [3.8, 4) is 22.1 Å². The molecule has 10 heteroatoms. The van der Waals surface area contributed by atoms with Crippen LogP contribution in [0.2, 0.25) is 0 Å². The summed E-state index contributed by atoms with van der Waals surface area (Å²) >= 11 is 1.61. The number of hydrogen-bond acceptors (Lipinski definition) is 7. The average Bonchev–Trinajstić information content (AvgIpc) is 3.39. The Hall–Kier alpha value is -4.41. The lowest BCUT2D eigenvalue weighted by atomic mass is 10.2. The molecule has 41 heavy (non-hydrogen) atoms. The lowest BCUT2D eigenvalue weighted by Crippen LogP contribution is -2.38. The summed E-state index contributed by atoms with van der Waals surface area (Å²) in [7, 11) is -1.18. The second-order valence-electron chi connectivity index (χ2n) is 9.48. The number of aryl methyl sites for hydroxylation is 2. The standard InChI is InChI=1S/C31H29N3O5S2/c1-20-5-13-25(14-6-20)41(36,37)34(27-16-12-24(38-3)18-28(27)39-4)19-30(35)32-23-10-8-22(9-11-23)31-33-26-15-7-21(2)17-29(26)40-31/h5-18H,19H2,1-4H3,(H,32,35). The molecule has 0 radical (unpaired) electrons. The predicted molar refractivity (Wildman–Crippen MR) is 164 cm³/mol. The van der Waals surface area contributed by atoms with E-state index in [9.17, 15) is 13.2 Å². The van der Waals surface area contributed by atoms with E-state index in [2.05, 4.69) is 11.4 Å². The fourth-order valence-corrected chi connectivity index (χ4v) is 6.81. The first-order valence-electron chi connectivity index (χ1n) is 12.8. The summed E-state index contributed by atoms with van der Waals surface area (Å²) in [4.78, 5) is 18.0. The van der Waals surface area contributed by atoms with Gasteiger partial charge in [0, 0.05) is 17.3 Å². The van der Waals surface area contributed by atoms with Crippen molar-refractivity contribution in [3.05, 3.63) is 96.1 Å². The zero-order valence-corrected chi connectivity index (χ0v) is 24.7. The third-order valence-electron chi connectivity index (χ3n) is 6.51. The smallest absolute Gasteiger partial charge is 0.264 e. The Morgan fingerprint density at radius 3 is 2.27 bits per heavy atom. The van der Waals surface area contributed by atoms with Crippen molar-refractivity contribution >= 4 is 48.9 Å². The highest BCUT2D eigenvalue weighted by Crippen LogP contribution is 2.36. The Kier molecular flexibility index (Phi) is 7.96. The van der Waals surface area contributed by atoms with Gasteiger partial charge in [0.2, 0.25) is 5.91 Å². The lowest BCUT2D eigenvalue weighted by Gasteiger charge is -2.26. The first-order chi connectivity index (χ1) is 19.7. The van der Waals surface area contributed by atoms with Gasteiger partial charge in [-0.3, -0.25) is 9.10 Å². The molecule has 0 aliphatic rings. The molecule has 0 saturated heterocycles. The van der Waals surface area contributed by atoms with Crippen LogP contribution in [0.15, 0.2) is 89.8 Å². The number of rotatable bonds is 9. The van der Waals surface area contributed by atoms with Crippen LogP contribution < -0.4 is 19.1 Å². The summed E-state index contributed by atoms with van der Waals surface area (Å²) in [5.74, 6) is 0.232. The van der Waals surface area contributed by atoms with Gasteiger partial charge in [-0.1, -0.05) is 23.8 Å². The van der Waals surface area contributed by atoms with Crippen LogP contribution in [0, 0.1) is 13.8 Å². The van der Waals surface area contributed by atoms with Crippen LogP contribution in [0.4, 0.5) is 11.4 Å². The first-order valence-corrected chi connectivity index (χ1v) is 15.0. The van der Waals surface area contributed by atoms with E-state index >= 15 is 0 Å². The molecule has 0 atom stereocenters. The largest absolute Gasteiger partial charge is 0.497 e. The number of sulfonamides is 1. The van der Waals surface area contributed by atoms with Crippen LogP contribution in [-0.4, -0.2) is 40.1 Å². The third kappa shape index (κ3) is 6.03. The second kappa shape index (κ2) is 11.6. The molecule has 0 unspecified atom stereocenters. The minimum Gasteiger partial charge on any atom is -0.497 e. The number of nitrogens with one attached hydrogen (secondary N) is 1. The van der Waals surface area contributed by atoms with Gasteiger partial charge >= 0.3 is 0 Å². The van der Waals surface area contributed by atoms with E-state index in [1.165, 1.54) is 31.9 Å². The van der Waals surface area contributed by atoms with Crippen molar-refractivity contribution in [2.75, 3.05) is 30.4 Å². The quantitative estimate of drug-likeness (QED) is 0.213. The molecule has 4 aromatic carbocycles. The molecular formula is C31H29N3O5S2. The maximum Gasteiger partial charge on any atom is 0.264 e. The van der Waals surface area contributed by atoms with Gasteiger partial charge < -0.3 is 14.8 Å². The lowest BCUT2D eigenvalue weighted by molar-refractivity contribution is -0.114. The normalized spacial score (nSPS) is 11.3. The fourth-order valence-electron chi connectivity index (χ4n) is 4.31. The number of benzene rings is 4. The maximum atomic E-state index is 13.8. The Morgan fingerprint density at radius 2 is 1.59 bits per heavy atom. The van der Waals surface area contributed by atoms with Crippen molar-refractivity contribution in [3.63, 3.8) is 0 Å². The highest BCUT2D eigenvalue weighted by Gasteiger charge is 2.30. The minimum atomic E-state index is -4.12. The van der Waals surface area contributed by atoms with Gasteiger partial charge in [-0.05, 0) is 80.1 Å².